The lowest BCUT2D eigenvalue weighted by molar-refractivity contribution is 0.244. The molecular formula is C11H15Cl2N3O3S. The number of amides is 2. The highest BCUT2D eigenvalue weighted by atomic mass is 35.5. The molecule has 0 spiro atoms. The van der Waals surface area contributed by atoms with Crippen molar-refractivity contribution in [1.29, 1.82) is 0 Å². The van der Waals surface area contributed by atoms with Crippen LogP contribution in [0.4, 0.5) is 10.5 Å². The molecule has 20 heavy (non-hydrogen) atoms. The first kappa shape index (κ1) is 17.0. The van der Waals surface area contributed by atoms with E-state index in [1.54, 1.807) is 20.8 Å². The predicted octanol–water partition coefficient (Wildman–Crippen LogP) is 2.56. The van der Waals surface area contributed by atoms with E-state index in [-0.39, 0.29) is 20.6 Å². The monoisotopic (exact) mass is 339 g/mol. The van der Waals surface area contributed by atoms with Gasteiger partial charge in [-0.2, -0.15) is 0 Å². The number of halogens is 2. The minimum Gasteiger partial charge on any atom is -0.333 e. The average Bonchev–Trinajstić information content (AvgIpc) is 2.19. The third-order valence-corrected chi connectivity index (χ3v) is 3.56. The molecule has 0 aliphatic heterocycles. The summed E-state index contributed by atoms with van der Waals surface area (Å²) in [7, 11) is -3.92. The third-order valence-electron chi connectivity index (χ3n) is 2.07. The molecule has 0 aliphatic carbocycles. The van der Waals surface area contributed by atoms with Crippen molar-refractivity contribution in [1.82, 2.24) is 5.32 Å². The molecule has 6 nitrogen and oxygen atoms in total. The van der Waals surface area contributed by atoms with Gasteiger partial charge in [0.25, 0.3) is 0 Å². The zero-order chi connectivity index (χ0) is 15.7. The second kappa shape index (κ2) is 5.77. The number of nitrogens with two attached hydrogens (primary N) is 1. The van der Waals surface area contributed by atoms with Crippen molar-refractivity contribution in [2.24, 2.45) is 5.14 Å². The Hall–Kier alpha value is -1.02. The van der Waals surface area contributed by atoms with Crippen molar-refractivity contribution in [3.05, 3.63) is 22.2 Å². The van der Waals surface area contributed by atoms with Crippen LogP contribution in [0.5, 0.6) is 0 Å². The molecule has 0 atom stereocenters. The van der Waals surface area contributed by atoms with Crippen LogP contribution in [0, 0.1) is 0 Å². The lowest BCUT2D eigenvalue weighted by atomic mass is 10.1. The number of anilines is 1. The van der Waals surface area contributed by atoms with Crippen LogP contribution in [0.2, 0.25) is 10.0 Å². The Morgan fingerprint density at radius 1 is 1.20 bits per heavy atom. The molecule has 0 radical (unpaired) electrons. The molecule has 1 aromatic carbocycles. The van der Waals surface area contributed by atoms with Crippen molar-refractivity contribution in [2.75, 3.05) is 5.32 Å². The molecule has 0 fully saturated rings. The lowest BCUT2D eigenvalue weighted by Crippen LogP contribution is -2.43. The third kappa shape index (κ3) is 4.82. The molecule has 9 heteroatoms. The molecule has 1 rings (SSSR count). The Morgan fingerprint density at radius 2 is 1.65 bits per heavy atom. The molecule has 112 valence electrons. The fraction of sp³-hybridized carbons (Fsp3) is 0.364. The summed E-state index contributed by atoms with van der Waals surface area (Å²) in [4.78, 5) is 11.5. The maximum absolute atomic E-state index is 11.7. The van der Waals surface area contributed by atoms with Crippen molar-refractivity contribution in [3.8, 4) is 0 Å². The zero-order valence-electron chi connectivity index (χ0n) is 11.1. The number of urea groups is 1. The fourth-order valence-electron chi connectivity index (χ4n) is 1.32. The summed E-state index contributed by atoms with van der Waals surface area (Å²) in [5.41, 5.74) is -0.327. The van der Waals surface area contributed by atoms with Gasteiger partial charge in [0.1, 0.15) is 0 Å². The molecule has 0 heterocycles. The molecule has 0 aliphatic rings. The molecule has 0 unspecified atom stereocenters. The van der Waals surface area contributed by atoms with Crippen molar-refractivity contribution < 1.29 is 13.2 Å². The molecule has 4 N–H and O–H groups in total. The van der Waals surface area contributed by atoms with E-state index in [9.17, 15) is 13.2 Å². The molecule has 0 saturated carbocycles. The number of hydrogen-bond acceptors (Lipinski definition) is 3. The normalized spacial score (nSPS) is 12.1. The molecule has 1 aromatic rings. The Kier molecular flexibility index (Phi) is 4.91. The fourth-order valence-corrected chi connectivity index (χ4v) is 2.59. The van der Waals surface area contributed by atoms with Gasteiger partial charge in [-0.05, 0) is 32.9 Å². The number of primary sulfonamides is 1. The van der Waals surface area contributed by atoms with Gasteiger partial charge in [-0.15, -0.1) is 0 Å². The number of carbonyl (C=O) groups is 1. The highest BCUT2D eigenvalue weighted by molar-refractivity contribution is 7.89. The molecule has 0 aromatic heterocycles. The Labute approximate surface area is 127 Å². The second-order valence-electron chi connectivity index (χ2n) is 5.14. The lowest BCUT2D eigenvalue weighted by Gasteiger charge is -2.21. The van der Waals surface area contributed by atoms with Gasteiger partial charge in [0.15, 0.2) is 0 Å². The smallest absolute Gasteiger partial charge is 0.319 e. The van der Waals surface area contributed by atoms with Gasteiger partial charge in [0.2, 0.25) is 10.0 Å². The van der Waals surface area contributed by atoms with E-state index in [1.165, 1.54) is 0 Å². The quantitative estimate of drug-likeness (QED) is 0.771. The molecule has 0 bridgehead atoms. The van der Waals surface area contributed by atoms with Gasteiger partial charge in [0.05, 0.1) is 20.6 Å². The van der Waals surface area contributed by atoms with Gasteiger partial charge in [-0.1, -0.05) is 23.2 Å². The molecule has 2 amide bonds. The number of nitrogens with one attached hydrogen (secondary N) is 2. The van der Waals surface area contributed by atoms with Crippen LogP contribution in [-0.4, -0.2) is 20.0 Å². The van der Waals surface area contributed by atoms with E-state index in [0.717, 1.165) is 12.1 Å². The minimum absolute atomic E-state index is 0.0226. The van der Waals surface area contributed by atoms with Gasteiger partial charge in [-0.25, -0.2) is 18.4 Å². The van der Waals surface area contributed by atoms with E-state index in [2.05, 4.69) is 10.6 Å². The second-order valence-corrected chi connectivity index (χ2v) is 7.51. The van der Waals surface area contributed by atoms with E-state index in [0.29, 0.717) is 0 Å². The van der Waals surface area contributed by atoms with Gasteiger partial charge in [0, 0.05) is 5.54 Å². The van der Waals surface area contributed by atoms with Crippen LogP contribution in [0.15, 0.2) is 17.0 Å². The SMILES string of the molecule is CC(C)(C)NC(=O)Nc1c(Cl)cc(S(N)(=O)=O)cc1Cl. The van der Waals surface area contributed by atoms with Crippen LogP contribution in [0.25, 0.3) is 0 Å². The van der Waals surface area contributed by atoms with Gasteiger partial charge >= 0.3 is 6.03 Å². The summed E-state index contributed by atoms with van der Waals surface area (Å²) in [6.07, 6.45) is 0. The summed E-state index contributed by atoms with van der Waals surface area (Å²) in [5.74, 6) is 0. The number of sulfonamides is 1. The summed E-state index contributed by atoms with van der Waals surface area (Å²) in [5, 5.41) is 10.1. The van der Waals surface area contributed by atoms with Crippen LogP contribution >= 0.6 is 23.2 Å². The number of carbonyl (C=O) groups excluding carboxylic acids is 1. The number of benzene rings is 1. The van der Waals surface area contributed by atoms with E-state index < -0.39 is 21.6 Å². The maximum Gasteiger partial charge on any atom is 0.319 e. The Bertz CT molecular complexity index is 616. The van der Waals surface area contributed by atoms with Crippen LogP contribution < -0.4 is 15.8 Å². The van der Waals surface area contributed by atoms with E-state index in [1.807, 2.05) is 0 Å². The van der Waals surface area contributed by atoms with Gasteiger partial charge < -0.3 is 10.6 Å². The first-order valence-corrected chi connectivity index (χ1v) is 7.81. The maximum atomic E-state index is 11.7. The van der Waals surface area contributed by atoms with E-state index >= 15 is 0 Å². The number of hydrogen-bond donors (Lipinski definition) is 3. The van der Waals surface area contributed by atoms with E-state index in [4.69, 9.17) is 28.3 Å². The van der Waals surface area contributed by atoms with Crippen molar-refractivity contribution in [2.45, 2.75) is 31.2 Å². The van der Waals surface area contributed by atoms with Crippen LogP contribution in [-0.2, 0) is 10.0 Å². The first-order valence-electron chi connectivity index (χ1n) is 5.51. The predicted molar refractivity (Wildman–Crippen MR) is 79.7 cm³/mol. The van der Waals surface area contributed by atoms with Crippen molar-refractivity contribution >= 4 is 44.9 Å². The summed E-state index contributed by atoms with van der Waals surface area (Å²) in [6.45, 7) is 5.42. The van der Waals surface area contributed by atoms with Crippen LogP contribution in [0.1, 0.15) is 20.8 Å². The van der Waals surface area contributed by atoms with Gasteiger partial charge in [-0.3, -0.25) is 0 Å². The summed E-state index contributed by atoms with van der Waals surface area (Å²) in [6, 6.07) is 1.73. The minimum atomic E-state index is -3.92. The molecular weight excluding hydrogens is 325 g/mol. The number of rotatable bonds is 2. The highest BCUT2D eigenvalue weighted by Gasteiger charge is 2.18. The Balaban J connectivity index is 3.07. The first-order chi connectivity index (χ1) is 8.90. The van der Waals surface area contributed by atoms with Crippen LogP contribution in [0.3, 0.4) is 0 Å². The summed E-state index contributed by atoms with van der Waals surface area (Å²) < 4.78 is 22.4. The van der Waals surface area contributed by atoms with Crippen molar-refractivity contribution in [3.63, 3.8) is 0 Å². The zero-order valence-corrected chi connectivity index (χ0v) is 13.4. The average molecular weight is 340 g/mol. The largest absolute Gasteiger partial charge is 0.333 e. The topological polar surface area (TPSA) is 101 Å². The summed E-state index contributed by atoms with van der Waals surface area (Å²) >= 11 is 11.8. The standard InChI is InChI=1S/C11H15Cl2N3O3S/c1-11(2,3)16-10(17)15-9-7(12)4-6(5-8(9)13)20(14,18)19/h4-5H,1-3H3,(H2,14,18,19)(H2,15,16,17). The Morgan fingerprint density at radius 3 is 2.00 bits per heavy atom. The highest BCUT2D eigenvalue weighted by Crippen LogP contribution is 2.33. The molecule has 0 saturated heterocycles.